The van der Waals surface area contributed by atoms with Crippen molar-refractivity contribution in [2.75, 3.05) is 6.61 Å². The first-order chi connectivity index (χ1) is 11.3. The van der Waals surface area contributed by atoms with E-state index >= 15 is 0 Å². The van der Waals surface area contributed by atoms with E-state index in [0.29, 0.717) is 12.3 Å². The highest BCUT2D eigenvalue weighted by atomic mass is 16.5. The van der Waals surface area contributed by atoms with Crippen LogP contribution in [0.5, 0.6) is 0 Å². The molecule has 0 aliphatic rings. The number of unbranched alkanes of at least 4 members (excludes halogenated alkanes) is 1. The average molecular weight is 305 g/mol. The molecule has 23 heavy (non-hydrogen) atoms. The minimum absolute atomic E-state index is 0.351. The molecule has 2 aromatic carbocycles. The number of pyridine rings is 1. The Labute approximate surface area is 135 Å². The van der Waals surface area contributed by atoms with Gasteiger partial charge in [0.05, 0.1) is 6.61 Å². The molecular weight excluding hydrogens is 286 g/mol. The third-order valence-corrected chi connectivity index (χ3v) is 3.78. The van der Waals surface area contributed by atoms with Gasteiger partial charge in [0.25, 0.3) is 0 Å². The van der Waals surface area contributed by atoms with E-state index in [1.54, 1.807) is 24.4 Å². The summed E-state index contributed by atoms with van der Waals surface area (Å²) in [6.45, 7) is 0.434. The van der Waals surface area contributed by atoms with Gasteiger partial charge in [-0.25, -0.2) is 9.78 Å². The lowest BCUT2D eigenvalue weighted by Gasteiger charge is -2.05. The van der Waals surface area contributed by atoms with E-state index in [0.717, 1.165) is 19.3 Å². The molecule has 0 unspecified atom stereocenters. The van der Waals surface area contributed by atoms with Crippen LogP contribution >= 0.6 is 0 Å². The zero-order valence-electron chi connectivity index (χ0n) is 12.9. The molecular formula is C20H19NO2. The summed E-state index contributed by atoms with van der Waals surface area (Å²) in [6.07, 6.45) is 4.43. The lowest BCUT2D eigenvalue weighted by molar-refractivity contribution is 0.0491. The molecule has 0 amide bonds. The molecule has 0 saturated heterocycles. The maximum Gasteiger partial charge on any atom is 0.356 e. The first kappa shape index (κ1) is 15.2. The highest BCUT2D eigenvalue weighted by Crippen LogP contribution is 2.17. The topological polar surface area (TPSA) is 39.2 Å². The van der Waals surface area contributed by atoms with Crippen molar-refractivity contribution in [2.24, 2.45) is 0 Å². The summed E-state index contributed by atoms with van der Waals surface area (Å²) in [4.78, 5) is 15.7. The maximum absolute atomic E-state index is 11.7. The van der Waals surface area contributed by atoms with E-state index in [1.165, 1.54) is 16.3 Å². The van der Waals surface area contributed by atoms with Gasteiger partial charge in [-0.3, -0.25) is 0 Å². The van der Waals surface area contributed by atoms with E-state index in [1.807, 2.05) is 0 Å². The Morgan fingerprint density at radius 1 is 0.913 bits per heavy atom. The number of nitrogens with zero attached hydrogens (tertiary/aromatic N) is 1. The van der Waals surface area contributed by atoms with Crippen molar-refractivity contribution >= 4 is 16.7 Å². The van der Waals surface area contributed by atoms with Crippen LogP contribution in [0.25, 0.3) is 10.8 Å². The van der Waals surface area contributed by atoms with Crippen molar-refractivity contribution in [3.8, 4) is 0 Å². The number of benzene rings is 2. The van der Waals surface area contributed by atoms with Gasteiger partial charge in [0.15, 0.2) is 0 Å². The van der Waals surface area contributed by atoms with Crippen molar-refractivity contribution in [2.45, 2.75) is 19.3 Å². The van der Waals surface area contributed by atoms with Crippen molar-refractivity contribution in [1.29, 1.82) is 0 Å². The standard InChI is InChI=1S/C20H19NO2/c22-20(19-10-3-5-13-21-19)23-14-6-4-7-16-11-12-17-8-1-2-9-18(17)15-16/h1-3,5,8-13,15H,4,6-7,14H2. The number of carbonyl (C=O) groups excluding carboxylic acids is 1. The van der Waals surface area contributed by atoms with E-state index < -0.39 is 0 Å². The zero-order valence-corrected chi connectivity index (χ0v) is 12.9. The highest BCUT2D eigenvalue weighted by molar-refractivity contribution is 5.87. The third kappa shape index (κ3) is 4.16. The van der Waals surface area contributed by atoms with Crippen molar-refractivity contribution in [3.05, 3.63) is 78.1 Å². The van der Waals surface area contributed by atoms with Gasteiger partial charge >= 0.3 is 5.97 Å². The maximum atomic E-state index is 11.7. The SMILES string of the molecule is O=C(OCCCCc1ccc2ccccc2c1)c1ccccn1. The molecule has 3 aromatic rings. The van der Waals surface area contributed by atoms with Crippen LogP contribution in [0.2, 0.25) is 0 Å². The van der Waals surface area contributed by atoms with Gasteiger partial charge in [0.2, 0.25) is 0 Å². The molecule has 0 aliphatic carbocycles. The van der Waals surface area contributed by atoms with Crippen LogP contribution in [0, 0.1) is 0 Å². The minimum atomic E-state index is -0.351. The average Bonchev–Trinajstić information content (AvgIpc) is 2.62. The Bertz CT molecular complexity index is 784. The summed E-state index contributed by atoms with van der Waals surface area (Å²) < 4.78 is 5.23. The fourth-order valence-corrected chi connectivity index (χ4v) is 2.55. The quantitative estimate of drug-likeness (QED) is 0.500. The number of fused-ring (bicyclic) bond motifs is 1. The van der Waals surface area contributed by atoms with E-state index in [2.05, 4.69) is 47.4 Å². The van der Waals surface area contributed by atoms with Crippen molar-refractivity contribution in [3.63, 3.8) is 0 Å². The molecule has 1 aromatic heterocycles. The molecule has 0 saturated carbocycles. The fraction of sp³-hybridized carbons (Fsp3) is 0.200. The Kier molecular flexibility index (Phi) is 4.99. The second kappa shape index (κ2) is 7.54. The second-order valence-corrected chi connectivity index (χ2v) is 5.49. The van der Waals surface area contributed by atoms with Gasteiger partial charge in [-0.2, -0.15) is 0 Å². The van der Waals surface area contributed by atoms with E-state index in [4.69, 9.17) is 4.74 Å². The number of aromatic nitrogens is 1. The van der Waals surface area contributed by atoms with Crippen LogP contribution in [-0.2, 0) is 11.2 Å². The van der Waals surface area contributed by atoms with Gasteiger partial charge in [-0.05, 0) is 47.7 Å². The fourth-order valence-electron chi connectivity index (χ4n) is 2.55. The van der Waals surface area contributed by atoms with E-state index in [9.17, 15) is 4.79 Å². The van der Waals surface area contributed by atoms with Crippen LogP contribution in [0.1, 0.15) is 28.9 Å². The molecule has 116 valence electrons. The smallest absolute Gasteiger partial charge is 0.356 e. The molecule has 0 spiro atoms. The third-order valence-electron chi connectivity index (χ3n) is 3.78. The molecule has 0 aliphatic heterocycles. The number of hydrogen-bond acceptors (Lipinski definition) is 3. The van der Waals surface area contributed by atoms with Gasteiger partial charge < -0.3 is 4.74 Å². The van der Waals surface area contributed by atoms with Crippen LogP contribution in [-0.4, -0.2) is 17.6 Å². The summed E-state index contributed by atoms with van der Waals surface area (Å²) in [7, 11) is 0. The van der Waals surface area contributed by atoms with Crippen LogP contribution in [0.3, 0.4) is 0 Å². The van der Waals surface area contributed by atoms with Gasteiger partial charge in [-0.15, -0.1) is 0 Å². The summed E-state index contributed by atoms with van der Waals surface area (Å²) in [5.74, 6) is -0.351. The minimum Gasteiger partial charge on any atom is -0.461 e. The summed E-state index contributed by atoms with van der Waals surface area (Å²) in [5.41, 5.74) is 1.68. The molecule has 3 rings (SSSR count). The Balaban J connectivity index is 1.43. The molecule has 3 heteroatoms. The van der Waals surface area contributed by atoms with Gasteiger partial charge in [0.1, 0.15) is 5.69 Å². The lowest BCUT2D eigenvalue weighted by Crippen LogP contribution is -2.08. The molecule has 0 fully saturated rings. The number of rotatable bonds is 6. The molecule has 3 nitrogen and oxygen atoms in total. The van der Waals surface area contributed by atoms with E-state index in [-0.39, 0.29) is 5.97 Å². The molecule has 0 atom stereocenters. The van der Waals surface area contributed by atoms with Gasteiger partial charge in [-0.1, -0.05) is 48.5 Å². The predicted molar refractivity (Wildman–Crippen MR) is 91.4 cm³/mol. The Morgan fingerprint density at radius 3 is 2.57 bits per heavy atom. The van der Waals surface area contributed by atoms with Crippen LogP contribution in [0.15, 0.2) is 66.9 Å². The lowest BCUT2D eigenvalue weighted by atomic mass is 10.0. The highest BCUT2D eigenvalue weighted by Gasteiger charge is 2.06. The monoisotopic (exact) mass is 305 g/mol. The largest absolute Gasteiger partial charge is 0.461 e. The zero-order chi connectivity index (χ0) is 15.9. The number of carbonyl (C=O) groups is 1. The second-order valence-electron chi connectivity index (χ2n) is 5.49. The summed E-state index contributed by atoms with van der Waals surface area (Å²) in [6, 6.07) is 20.1. The summed E-state index contributed by atoms with van der Waals surface area (Å²) in [5, 5.41) is 2.53. The first-order valence-electron chi connectivity index (χ1n) is 7.89. The number of esters is 1. The molecule has 0 N–H and O–H groups in total. The number of aryl methyl sites for hydroxylation is 1. The molecule has 1 heterocycles. The normalized spacial score (nSPS) is 10.6. The number of ether oxygens (including phenoxy) is 1. The predicted octanol–water partition coefficient (Wildman–Crippen LogP) is 4.41. The van der Waals surface area contributed by atoms with Gasteiger partial charge in [0, 0.05) is 6.20 Å². The van der Waals surface area contributed by atoms with Crippen LogP contribution in [0.4, 0.5) is 0 Å². The Hall–Kier alpha value is -2.68. The van der Waals surface area contributed by atoms with Crippen molar-refractivity contribution < 1.29 is 9.53 Å². The molecule has 0 radical (unpaired) electrons. The molecule has 0 bridgehead atoms. The number of hydrogen-bond donors (Lipinski definition) is 0. The summed E-state index contributed by atoms with van der Waals surface area (Å²) >= 11 is 0. The van der Waals surface area contributed by atoms with Crippen molar-refractivity contribution in [1.82, 2.24) is 4.98 Å². The van der Waals surface area contributed by atoms with Crippen LogP contribution < -0.4 is 0 Å². The first-order valence-corrected chi connectivity index (χ1v) is 7.89. The Morgan fingerprint density at radius 2 is 1.74 bits per heavy atom.